The third kappa shape index (κ3) is 10.8. The van der Waals surface area contributed by atoms with Gasteiger partial charge in [0.15, 0.2) is 14.7 Å². The van der Waals surface area contributed by atoms with Crippen LogP contribution in [0.4, 0.5) is 0 Å². The quantitative estimate of drug-likeness (QED) is 0.0754. The first-order chi connectivity index (χ1) is 34.1. The number of hydrogen-bond acceptors (Lipinski definition) is 3. The molecule has 69 heavy (non-hydrogen) atoms. The SMILES string of the molecule is CCOc1cc([S+](c2ccccc2)c2ccc(-c3ccccc3)c(OCC)c2)ccc1Sc1ccc(-c2ccccc2)cc1.c1ccc([B-](c2ccccc2)(c2ccccc2)c2ccccc2)cc1. The Bertz CT molecular complexity index is 2960. The Kier molecular flexibility index (Phi) is 15.6. The van der Waals surface area contributed by atoms with Crippen molar-refractivity contribution in [1.82, 2.24) is 0 Å². The predicted octanol–water partition coefficient (Wildman–Crippen LogP) is 14.1. The predicted molar refractivity (Wildman–Crippen MR) is 295 cm³/mol. The van der Waals surface area contributed by atoms with Crippen molar-refractivity contribution in [1.29, 1.82) is 0 Å². The van der Waals surface area contributed by atoms with Gasteiger partial charge in [0.05, 0.1) is 29.0 Å². The fourth-order valence-electron chi connectivity index (χ4n) is 9.29. The number of hydrogen-bond donors (Lipinski definition) is 0. The summed E-state index contributed by atoms with van der Waals surface area (Å²) in [5, 5.41) is 0. The maximum Gasteiger partial charge on any atom is 0.170 e. The van der Waals surface area contributed by atoms with Crippen LogP contribution in [0.2, 0.25) is 0 Å². The van der Waals surface area contributed by atoms with Gasteiger partial charge < -0.3 is 9.47 Å². The lowest BCUT2D eigenvalue weighted by molar-refractivity contribution is 0.331. The monoisotopic (exact) mass is 930 g/mol. The zero-order valence-corrected chi connectivity index (χ0v) is 40.7. The summed E-state index contributed by atoms with van der Waals surface area (Å²) < 4.78 is 12.5. The Morgan fingerprint density at radius 1 is 0.348 bits per heavy atom. The van der Waals surface area contributed by atoms with E-state index < -0.39 is 6.15 Å². The smallest absolute Gasteiger partial charge is 0.170 e. The standard InChI is InChI=1S/C40H35O2S2.C24H20B/c1-3-41-38-28-35(24-26-37(38)32-16-10-6-11-17-32)44(34-18-12-7-13-19-34)36-25-27-40(39(29-36)42-4-2)43-33-22-20-31(21-23-33)30-14-8-5-9-15-30;1-5-13-21(14-6-1)25(22-15-7-2-8-16-22,23-17-9-3-10-18-23)24-19-11-4-12-20-24/h5-29H,3-4H2,1-2H3;1-20H/q+1;-1. The van der Waals surface area contributed by atoms with Gasteiger partial charge >= 0.3 is 0 Å². The van der Waals surface area contributed by atoms with Crippen LogP contribution in [0, 0.1) is 0 Å². The van der Waals surface area contributed by atoms with Gasteiger partial charge in [-0.3, -0.25) is 0 Å². The van der Waals surface area contributed by atoms with Crippen LogP contribution >= 0.6 is 11.8 Å². The van der Waals surface area contributed by atoms with Crippen molar-refractivity contribution >= 4 is 50.7 Å². The molecule has 0 aromatic heterocycles. The van der Waals surface area contributed by atoms with Crippen molar-refractivity contribution in [3.05, 3.63) is 273 Å². The van der Waals surface area contributed by atoms with Crippen LogP contribution in [0.3, 0.4) is 0 Å². The molecule has 0 radical (unpaired) electrons. The minimum absolute atomic E-state index is 0.355. The molecule has 1 unspecified atom stereocenters. The number of ether oxygens (including phenoxy) is 2. The lowest BCUT2D eigenvalue weighted by atomic mass is 9.13. The van der Waals surface area contributed by atoms with Crippen molar-refractivity contribution in [2.75, 3.05) is 13.2 Å². The van der Waals surface area contributed by atoms with Gasteiger partial charge in [-0.2, -0.15) is 21.9 Å². The zero-order chi connectivity index (χ0) is 47.1. The van der Waals surface area contributed by atoms with E-state index in [0.717, 1.165) is 27.5 Å². The summed E-state index contributed by atoms with van der Waals surface area (Å²) in [6, 6.07) is 97.3. The second-order valence-corrected chi connectivity index (χ2v) is 19.8. The average Bonchev–Trinajstić information content (AvgIpc) is 3.42. The van der Waals surface area contributed by atoms with Crippen molar-refractivity contribution in [2.24, 2.45) is 0 Å². The Hall–Kier alpha value is -7.44. The Morgan fingerprint density at radius 3 is 1.19 bits per heavy atom. The normalized spacial score (nSPS) is 11.4. The maximum absolute atomic E-state index is 6.26. The molecule has 2 nitrogen and oxygen atoms in total. The minimum atomic E-state index is -1.22. The van der Waals surface area contributed by atoms with Gasteiger partial charge in [0.25, 0.3) is 0 Å². The summed E-state index contributed by atoms with van der Waals surface area (Å²) in [5.41, 5.74) is 10.0. The van der Waals surface area contributed by atoms with E-state index >= 15 is 0 Å². The van der Waals surface area contributed by atoms with Crippen LogP contribution in [0.15, 0.2) is 297 Å². The van der Waals surface area contributed by atoms with Crippen LogP contribution in [-0.4, -0.2) is 19.4 Å². The highest BCUT2D eigenvalue weighted by Gasteiger charge is 2.32. The highest BCUT2D eigenvalue weighted by molar-refractivity contribution is 7.99. The van der Waals surface area contributed by atoms with E-state index in [4.69, 9.17) is 9.47 Å². The van der Waals surface area contributed by atoms with Crippen LogP contribution in [0.5, 0.6) is 11.5 Å². The van der Waals surface area contributed by atoms with Crippen LogP contribution in [0.25, 0.3) is 22.3 Å². The fourth-order valence-corrected chi connectivity index (χ4v) is 12.3. The van der Waals surface area contributed by atoms with Crippen LogP contribution < -0.4 is 31.3 Å². The zero-order valence-electron chi connectivity index (χ0n) is 39.1. The van der Waals surface area contributed by atoms with Crippen LogP contribution in [0.1, 0.15) is 13.8 Å². The molecule has 10 rings (SSSR count). The van der Waals surface area contributed by atoms with E-state index in [9.17, 15) is 0 Å². The van der Waals surface area contributed by atoms with Gasteiger partial charge in [0.1, 0.15) is 17.6 Å². The molecule has 10 aromatic rings. The topological polar surface area (TPSA) is 18.5 Å². The third-order valence-electron chi connectivity index (χ3n) is 12.4. The Labute approximate surface area is 416 Å². The molecular weight excluding hydrogens is 876 g/mol. The molecule has 0 N–H and O–H groups in total. The molecule has 0 spiro atoms. The molecule has 0 saturated carbocycles. The highest BCUT2D eigenvalue weighted by Crippen LogP contribution is 2.42. The molecule has 0 bridgehead atoms. The number of rotatable bonds is 15. The molecule has 338 valence electrons. The average molecular weight is 931 g/mol. The van der Waals surface area contributed by atoms with Gasteiger partial charge in [0, 0.05) is 22.6 Å². The van der Waals surface area contributed by atoms with E-state index in [1.54, 1.807) is 11.8 Å². The van der Waals surface area contributed by atoms with E-state index in [-0.39, 0.29) is 10.9 Å². The summed E-state index contributed by atoms with van der Waals surface area (Å²) in [6.45, 7) is 5.29. The molecule has 10 aromatic carbocycles. The second kappa shape index (κ2) is 23.0. The first-order valence-electron chi connectivity index (χ1n) is 23.7. The van der Waals surface area contributed by atoms with Crippen molar-refractivity contribution in [3.8, 4) is 33.8 Å². The molecule has 0 fully saturated rings. The van der Waals surface area contributed by atoms with Gasteiger partial charge in [-0.25, -0.2) is 0 Å². The molecule has 0 aliphatic heterocycles. The molecular formula is C64H55BO2S2. The lowest BCUT2D eigenvalue weighted by Crippen LogP contribution is -2.74. The Morgan fingerprint density at radius 2 is 0.725 bits per heavy atom. The van der Waals surface area contributed by atoms with E-state index in [2.05, 4.69) is 261 Å². The summed E-state index contributed by atoms with van der Waals surface area (Å²) >= 11 is 1.74. The fraction of sp³-hybridized carbons (Fsp3) is 0.0625. The molecule has 0 aliphatic carbocycles. The Balaban J connectivity index is 0.000000200. The summed E-state index contributed by atoms with van der Waals surface area (Å²) in [6.07, 6.45) is -1.22. The maximum atomic E-state index is 6.26. The first-order valence-corrected chi connectivity index (χ1v) is 25.8. The van der Waals surface area contributed by atoms with E-state index in [0.29, 0.717) is 13.2 Å². The van der Waals surface area contributed by atoms with Crippen molar-refractivity contribution < 1.29 is 9.47 Å². The minimum Gasteiger partial charge on any atom is -0.493 e. The summed E-state index contributed by atoms with van der Waals surface area (Å²) in [5.74, 6) is 1.81. The lowest BCUT2D eigenvalue weighted by Gasteiger charge is -2.44. The van der Waals surface area contributed by atoms with Gasteiger partial charge in [-0.1, -0.05) is 224 Å². The molecule has 0 amide bonds. The van der Waals surface area contributed by atoms with Crippen LogP contribution in [-0.2, 0) is 10.9 Å². The number of benzene rings is 10. The van der Waals surface area contributed by atoms with Crippen molar-refractivity contribution in [3.63, 3.8) is 0 Å². The van der Waals surface area contributed by atoms with Gasteiger partial charge in [-0.15, -0.1) is 0 Å². The van der Waals surface area contributed by atoms with E-state index in [1.807, 2.05) is 26.0 Å². The summed E-state index contributed by atoms with van der Waals surface area (Å²) in [4.78, 5) is 5.95. The largest absolute Gasteiger partial charge is 0.493 e. The molecule has 0 heterocycles. The molecule has 1 atom stereocenters. The third-order valence-corrected chi connectivity index (χ3v) is 15.6. The molecule has 0 aliphatic rings. The summed E-state index contributed by atoms with van der Waals surface area (Å²) in [7, 11) is -0.355. The van der Waals surface area contributed by atoms with E-state index in [1.165, 1.54) is 52.6 Å². The van der Waals surface area contributed by atoms with Gasteiger partial charge in [0.2, 0.25) is 0 Å². The van der Waals surface area contributed by atoms with Crippen molar-refractivity contribution in [2.45, 2.75) is 38.3 Å². The molecule has 0 saturated heterocycles. The highest BCUT2D eigenvalue weighted by atomic mass is 32.2. The second-order valence-electron chi connectivity index (χ2n) is 16.6. The first kappa shape index (κ1) is 46.7. The molecule has 5 heteroatoms. The van der Waals surface area contributed by atoms with Gasteiger partial charge in [-0.05, 0) is 79.1 Å².